The predicted molar refractivity (Wildman–Crippen MR) is 90.3 cm³/mol. The summed E-state index contributed by atoms with van der Waals surface area (Å²) in [4.78, 5) is 11.9. The quantitative estimate of drug-likeness (QED) is 0.464. The summed E-state index contributed by atoms with van der Waals surface area (Å²) < 4.78 is 10.7. The maximum atomic E-state index is 11.9. The molecule has 3 heteroatoms. The second-order valence-electron chi connectivity index (χ2n) is 6.37. The summed E-state index contributed by atoms with van der Waals surface area (Å²) in [5.74, 6) is 0.512. The van der Waals surface area contributed by atoms with Gasteiger partial charge in [0.15, 0.2) is 0 Å². The molecule has 0 radical (unpaired) electrons. The molecule has 0 aliphatic heterocycles. The van der Waals surface area contributed by atoms with E-state index in [1.54, 1.807) is 0 Å². The first-order valence-corrected chi connectivity index (χ1v) is 8.32. The molecule has 0 amide bonds. The molecule has 0 aliphatic rings. The van der Waals surface area contributed by atoms with Crippen molar-refractivity contribution in [1.29, 1.82) is 0 Å². The van der Waals surface area contributed by atoms with Crippen LogP contribution in [0, 0.1) is 19.8 Å². The minimum Gasteiger partial charge on any atom is -0.460 e. The van der Waals surface area contributed by atoms with Gasteiger partial charge in [0, 0.05) is 6.61 Å². The fraction of sp³-hybridized carbons (Fsp3) is 0.632. The lowest BCUT2D eigenvalue weighted by Gasteiger charge is -2.08. The molecule has 0 spiro atoms. The van der Waals surface area contributed by atoms with Gasteiger partial charge in [0.05, 0.1) is 12.2 Å². The van der Waals surface area contributed by atoms with Crippen LogP contribution in [0.15, 0.2) is 18.2 Å². The summed E-state index contributed by atoms with van der Waals surface area (Å²) >= 11 is 0. The van der Waals surface area contributed by atoms with Gasteiger partial charge in [-0.05, 0) is 38.3 Å². The van der Waals surface area contributed by atoms with Crippen LogP contribution in [0.25, 0.3) is 0 Å². The Hall–Kier alpha value is -1.35. The normalized spacial score (nSPS) is 11.0. The first kappa shape index (κ1) is 18.7. The van der Waals surface area contributed by atoms with E-state index in [1.807, 2.05) is 32.0 Å². The highest BCUT2D eigenvalue weighted by atomic mass is 16.6. The van der Waals surface area contributed by atoms with Crippen LogP contribution in [-0.2, 0) is 9.47 Å². The van der Waals surface area contributed by atoms with Crippen LogP contribution in [0.5, 0.6) is 0 Å². The molecule has 1 aromatic rings. The first-order chi connectivity index (χ1) is 10.5. The number of aryl methyl sites for hydroxylation is 2. The Morgan fingerprint density at radius 3 is 2.27 bits per heavy atom. The van der Waals surface area contributed by atoms with Crippen molar-refractivity contribution < 1.29 is 14.3 Å². The van der Waals surface area contributed by atoms with E-state index in [0.717, 1.165) is 30.1 Å². The second-order valence-corrected chi connectivity index (χ2v) is 6.37. The SMILES string of the molecule is Cc1cc(C)cc(C(=O)OCCOCCCCCC(C)C)c1. The van der Waals surface area contributed by atoms with Crippen LogP contribution in [0.1, 0.15) is 61.0 Å². The van der Waals surface area contributed by atoms with Crippen molar-refractivity contribution in [3.8, 4) is 0 Å². The standard InChI is InChI=1S/C19H30O3/c1-15(2)8-6-5-7-9-21-10-11-22-19(20)18-13-16(3)12-17(4)14-18/h12-15H,5-11H2,1-4H3. The topological polar surface area (TPSA) is 35.5 Å². The molecule has 0 aromatic heterocycles. The van der Waals surface area contributed by atoms with Gasteiger partial charge in [-0.1, -0.05) is 50.3 Å². The number of carbonyl (C=O) groups excluding carboxylic acids is 1. The number of rotatable bonds is 10. The molecule has 0 aliphatic carbocycles. The van der Waals surface area contributed by atoms with E-state index in [9.17, 15) is 4.79 Å². The lowest BCUT2D eigenvalue weighted by atomic mass is 10.1. The van der Waals surface area contributed by atoms with Crippen LogP contribution >= 0.6 is 0 Å². The van der Waals surface area contributed by atoms with Crippen LogP contribution in [0.3, 0.4) is 0 Å². The van der Waals surface area contributed by atoms with Gasteiger partial charge in [-0.2, -0.15) is 0 Å². The molecule has 0 fully saturated rings. The zero-order valence-electron chi connectivity index (χ0n) is 14.5. The summed E-state index contributed by atoms with van der Waals surface area (Å²) in [6.45, 7) is 10.00. The smallest absolute Gasteiger partial charge is 0.338 e. The van der Waals surface area contributed by atoms with Crippen LogP contribution in [0.2, 0.25) is 0 Å². The van der Waals surface area contributed by atoms with E-state index in [0.29, 0.717) is 18.8 Å². The first-order valence-electron chi connectivity index (χ1n) is 8.32. The van der Waals surface area contributed by atoms with Crippen molar-refractivity contribution in [1.82, 2.24) is 0 Å². The summed E-state index contributed by atoms with van der Waals surface area (Å²) in [7, 11) is 0. The third-order valence-electron chi connectivity index (χ3n) is 3.49. The molecule has 0 atom stereocenters. The Labute approximate surface area is 135 Å². The monoisotopic (exact) mass is 306 g/mol. The molecular weight excluding hydrogens is 276 g/mol. The van der Waals surface area contributed by atoms with Gasteiger partial charge < -0.3 is 9.47 Å². The molecule has 3 nitrogen and oxygen atoms in total. The van der Waals surface area contributed by atoms with Crippen molar-refractivity contribution in [2.24, 2.45) is 5.92 Å². The maximum Gasteiger partial charge on any atom is 0.338 e. The number of carbonyl (C=O) groups is 1. The molecule has 22 heavy (non-hydrogen) atoms. The predicted octanol–water partition coefficient (Wildman–Crippen LogP) is 4.69. The molecule has 0 heterocycles. The third-order valence-corrected chi connectivity index (χ3v) is 3.49. The zero-order valence-corrected chi connectivity index (χ0v) is 14.5. The molecule has 0 bridgehead atoms. The van der Waals surface area contributed by atoms with Crippen LogP contribution in [-0.4, -0.2) is 25.8 Å². The van der Waals surface area contributed by atoms with Crippen LogP contribution in [0.4, 0.5) is 0 Å². The lowest BCUT2D eigenvalue weighted by Crippen LogP contribution is -2.11. The van der Waals surface area contributed by atoms with Crippen molar-refractivity contribution in [3.63, 3.8) is 0 Å². The van der Waals surface area contributed by atoms with Crippen molar-refractivity contribution in [3.05, 3.63) is 34.9 Å². The van der Waals surface area contributed by atoms with Gasteiger partial charge in [-0.3, -0.25) is 0 Å². The minimum atomic E-state index is -0.271. The number of unbranched alkanes of at least 4 members (excludes halogenated alkanes) is 2. The van der Waals surface area contributed by atoms with Crippen molar-refractivity contribution in [2.75, 3.05) is 19.8 Å². The number of hydrogen-bond acceptors (Lipinski definition) is 3. The number of esters is 1. The lowest BCUT2D eigenvalue weighted by molar-refractivity contribution is 0.0312. The molecule has 0 N–H and O–H groups in total. The van der Waals surface area contributed by atoms with Gasteiger partial charge in [0.1, 0.15) is 6.61 Å². The van der Waals surface area contributed by atoms with E-state index in [-0.39, 0.29) is 5.97 Å². The van der Waals surface area contributed by atoms with E-state index in [1.165, 1.54) is 19.3 Å². The highest BCUT2D eigenvalue weighted by molar-refractivity contribution is 5.89. The molecule has 0 saturated carbocycles. The van der Waals surface area contributed by atoms with E-state index in [2.05, 4.69) is 13.8 Å². The Balaban J connectivity index is 2.08. The Bertz CT molecular complexity index is 432. The van der Waals surface area contributed by atoms with Gasteiger partial charge in [-0.25, -0.2) is 4.79 Å². The van der Waals surface area contributed by atoms with Gasteiger partial charge in [-0.15, -0.1) is 0 Å². The summed E-state index contributed by atoms with van der Waals surface area (Å²) in [6, 6.07) is 5.75. The molecule has 124 valence electrons. The highest BCUT2D eigenvalue weighted by Crippen LogP contribution is 2.10. The van der Waals surface area contributed by atoms with Crippen LogP contribution < -0.4 is 0 Å². The largest absolute Gasteiger partial charge is 0.460 e. The van der Waals surface area contributed by atoms with E-state index in [4.69, 9.17) is 9.47 Å². The van der Waals surface area contributed by atoms with Gasteiger partial charge in [0.2, 0.25) is 0 Å². The van der Waals surface area contributed by atoms with Gasteiger partial charge >= 0.3 is 5.97 Å². The van der Waals surface area contributed by atoms with Crippen molar-refractivity contribution >= 4 is 5.97 Å². The Morgan fingerprint density at radius 1 is 0.955 bits per heavy atom. The maximum absolute atomic E-state index is 11.9. The Kier molecular flexibility index (Phi) is 8.83. The average Bonchev–Trinajstić information content (AvgIpc) is 2.43. The summed E-state index contributed by atoms with van der Waals surface area (Å²) in [5.41, 5.74) is 2.76. The average molecular weight is 306 g/mol. The highest BCUT2D eigenvalue weighted by Gasteiger charge is 2.07. The summed E-state index contributed by atoms with van der Waals surface area (Å²) in [5, 5.41) is 0. The zero-order chi connectivity index (χ0) is 16.4. The van der Waals surface area contributed by atoms with Gasteiger partial charge in [0.25, 0.3) is 0 Å². The number of benzene rings is 1. The Morgan fingerprint density at radius 2 is 1.64 bits per heavy atom. The molecular formula is C19H30O3. The number of ether oxygens (including phenoxy) is 2. The molecule has 1 aromatic carbocycles. The number of hydrogen-bond donors (Lipinski definition) is 0. The fourth-order valence-corrected chi connectivity index (χ4v) is 2.40. The van der Waals surface area contributed by atoms with Crippen molar-refractivity contribution in [2.45, 2.75) is 53.4 Å². The minimum absolute atomic E-state index is 0.271. The molecule has 0 unspecified atom stereocenters. The molecule has 0 saturated heterocycles. The fourth-order valence-electron chi connectivity index (χ4n) is 2.40. The molecule has 1 rings (SSSR count). The second kappa shape index (κ2) is 10.4. The summed E-state index contributed by atoms with van der Waals surface area (Å²) in [6.07, 6.45) is 4.84. The van der Waals surface area contributed by atoms with E-state index >= 15 is 0 Å². The third kappa shape index (κ3) is 8.18. The van der Waals surface area contributed by atoms with E-state index < -0.39 is 0 Å².